The van der Waals surface area contributed by atoms with Gasteiger partial charge in [0.1, 0.15) is 6.04 Å². The molecule has 0 aromatic heterocycles. The second kappa shape index (κ2) is 5.80. The number of benzene rings is 1. The molecule has 0 saturated carbocycles. The molecule has 9 heteroatoms. The summed E-state index contributed by atoms with van der Waals surface area (Å²) in [7, 11) is 0. The Labute approximate surface area is 123 Å². The third-order valence-corrected chi connectivity index (χ3v) is 3.46. The van der Waals surface area contributed by atoms with E-state index in [0.29, 0.717) is 0 Å². The zero-order valence-corrected chi connectivity index (χ0v) is 11.3. The Morgan fingerprint density at radius 2 is 2.05 bits per heavy atom. The molecule has 1 aliphatic heterocycles. The van der Waals surface area contributed by atoms with Crippen LogP contribution in [-0.2, 0) is 16.1 Å². The SMILES string of the molecule is O=C(O)CC[C@H](C(=O)O)N1Cc2c(cccc2[N+](=O)[O-])C1=O. The summed E-state index contributed by atoms with van der Waals surface area (Å²) in [4.78, 5) is 45.4. The Hall–Kier alpha value is -2.97. The maximum absolute atomic E-state index is 12.3. The van der Waals surface area contributed by atoms with Crippen molar-refractivity contribution in [2.75, 3.05) is 0 Å². The lowest BCUT2D eigenvalue weighted by atomic mass is 10.1. The molecule has 1 aromatic rings. The number of rotatable bonds is 6. The predicted molar refractivity (Wildman–Crippen MR) is 71.3 cm³/mol. The summed E-state index contributed by atoms with van der Waals surface area (Å²) in [5, 5.41) is 28.8. The maximum Gasteiger partial charge on any atom is 0.326 e. The van der Waals surface area contributed by atoms with Gasteiger partial charge in [0, 0.05) is 12.5 Å². The number of hydrogen-bond acceptors (Lipinski definition) is 5. The first-order valence-electron chi connectivity index (χ1n) is 6.34. The molecule has 2 rings (SSSR count). The summed E-state index contributed by atoms with van der Waals surface area (Å²) >= 11 is 0. The van der Waals surface area contributed by atoms with Crippen molar-refractivity contribution in [3.63, 3.8) is 0 Å². The van der Waals surface area contributed by atoms with Gasteiger partial charge in [-0.05, 0) is 12.5 Å². The summed E-state index contributed by atoms with van der Waals surface area (Å²) in [5.74, 6) is -3.16. The van der Waals surface area contributed by atoms with E-state index in [-0.39, 0.29) is 29.8 Å². The van der Waals surface area contributed by atoms with Gasteiger partial charge in [-0.25, -0.2) is 4.79 Å². The van der Waals surface area contributed by atoms with E-state index < -0.39 is 35.2 Å². The van der Waals surface area contributed by atoms with Crippen LogP contribution in [0.3, 0.4) is 0 Å². The van der Waals surface area contributed by atoms with E-state index in [1.807, 2.05) is 0 Å². The summed E-state index contributed by atoms with van der Waals surface area (Å²) in [5.41, 5.74) is -0.0226. The molecule has 116 valence electrons. The minimum absolute atomic E-state index is 0.0794. The van der Waals surface area contributed by atoms with Crippen LogP contribution in [0.1, 0.15) is 28.8 Å². The van der Waals surface area contributed by atoms with Crippen molar-refractivity contribution >= 4 is 23.5 Å². The van der Waals surface area contributed by atoms with Gasteiger partial charge in [0.05, 0.1) is 22.6 Å². The molecule has 0 bridgehead atoms. The number of nitro benzene ring substituents is 1. The first-order valence-corrected chi connectivity index (χ1v) is 6.34. The van der Waals surface area contributed by atoms with Gasteiger partial charge in [-0.3, -0.25) is 19.7 Å². The number of hydrogen-bond donors (Lipinski definition) is 2. The van der Waals surface area contributed by atoms with E-state index >= 15 is 0 Å². The van der Waals surface area contributed by atoms with Gasteiger partial charge in [-0.15, -0.1) is 0 Å². The number of fused-ring (bicyclic) bond motifs is 1. The number of carboxylic acid groups (broad SMARTS) is 2. The topological polar surface area (TPSA) is 138 Å². The van der Waals surface area contributed by atoms with E-state index in [0.717, 1.165) is 4.90 Å². The third kappa shape index (κ3) is 2.73. The van der Waals surface area contributed by atoms with Crippen LogP contribution in [0.2, 0.25) is 0 Å². The highest BCUT2D eigenvalue weighted by Crippen LogP contribution is 2.32. The monoisotopic (exact) mass is 308 g/mol. The average molecular weight is 308 g/mol. The molecule has 9 nitrogen and oxygen atoms in total. The van der Waals surface area contributed by atoms with Gasteiger partial charge in [-0.1, -0.05) is 6.07 Å². The van der Waals surface area contributed by atoms with E-state index in [1.54, 1.807) is 0 Å². The number of aliphatic carboxylic acids is 2. The quantitative estimate of drug-likeness (QED) is 0.587. The number of amides is 1. The summed E-state index contributed by atoms with van der Waals surface area (Å²) < 4.78 is 0. The summed E-state index contributed by atoms with van der Waals surface area (Å²) in [6, 6.07) is 2.64. The highest BCUT2D eigenvalue weighted by Gasteiger charge is 2.39. The van der Waals surface area contributed by atoms with Crippen LogP contribution in [0.4, 0.5) is 5.69 Å². The van der Waals surface area contributed by atoms with Crippen molar-refractivity contribution in [2.24, 2.45) is 0 Å². The number of nitro groups is 1. The van der Waals surface area contributed by atoms with Crippen molar-refractivity contribution < 1.29 is 29.5 Å². The zero-order chi connectivity index (χ0) is 16.4. The Morgan fingerprint density at radius 3 is 2.59 bits per heavy atom. The van der Waals surface area contributed by atoms with Crippen LogP contribution in [-0.4, -0.2) is 43.9 Å². The van der Waals surface area contributed by atoms with Gasteiger partial charge in [0.2, 0.25) is 0 Å². The predicted octanol–water partition coefficient (Wildman–Crippen LogP) is 0.869. The lowest BCUT2D eigenvalue weighted by Crippen LogP contribution is -2.41. The van der Waals surface area contributed by atoms with Crippen molar-refractivity contribution in [1.29, 1.82) is 0 Å². The van der Waals surface area contributed by atoms with Gasteiger partial charge in [0.15, 0.2) is 0 Å². The fourth-order valence-corrected chi connectivity index (χ4v) is 2.43. The molecule has 0 radical (unpaired) electrons. The molecular formula is C13H12N2O7. The molecule has 1 heterocycles. The second-order valence-corrected chi connectivity index (χ2v) is 4.78. The smallest absolute Gasteiger partial charge is 0.326 e. The lowest BCUT2D eigenvalue weighted by Gasteiger charge is -2.23. The third-order valence-electron chi connectivity index (χ3n) is 3.46. The molecule has 0 unspecified atom stereocenters. The van der Waals surface area contributed by atoms with E-state index in [1.165, 1.54) is 18.2 Å². The molecule has 1 aromatic carbocycles. The molecule has 0 fully saturated rings. The number of carbonyl (C=O) groups excluding carboxylic acids is 1. The Balaban J connectivity index is 2.33. The van der Waals surface area contributed by atoms with Crippen molar-refractivity contribution in [3.05, 3.63) is 39.4 Å². The lowest BCUT2D eigenvalue weighted by molar-refractivity contribution is -0.385. The summed E-state index contributed by atoms with van der Waals surface area (Å²) in [6.07, 6.45) is -0.683. The number of nitrogens with zero attached hydrogens (tertiary/aromatic N) is 2. The van der Waals surface area contributed by atoms with Crippen molar-refractivity contribution in [1.82, 2.24) is 4.90 Å². The Kier molecular flexibility index (Phi) is 4.06. The molecule has 0 saturated heterocycles. The van der Waals surface area contributed by atoms with E-state index in [4.69, 9.17) is 5.11 Å². The highest BCUT2D eigenvalue weighted by molar-refractivity contribution is 6.01. The largest absolute Gasteiger partial charge is 0.481 e. The van der Waals surface area contributed by atoms with Crippen LogP contribution < -0.4 is 0 Å². The highest BCUT2D eigenvalue weighted by atomic mass is 16.6. The minimum Gasteiger partial charge on any atom is -0.481 e. The molecule has 1 atom stereocenters. The normalized spacial score (nSPS) is 14.5. The van der Waals surface area contributed by atoms with E-state index in [9.17, 15) is 29.6 Å². The standard InChI is InChI=1S/C13H12N2O7/c16-11(17)5-4-10(13(19)20)14-6-8-7(12(14)18)2-1-3-9(8)15(21)22/h1-3,10H,4-6H2,(H,16,17)(H,19,20)/t10-/m1/s1. The fraction of sp³-hybridized carbons (Fsp3) is 0.308. The van der Waals surface area contributed by atoms with Gasteiger partial charge in [-0.2, -0.15) is 0 Å². The van der Waals surface area contributed by atoms with Crippen LogP contribution >= 0.6 is 0 Å². The van der Waals surface area contributed by atoms with Crippen LogP contribution in [0.5, 0.6) is 0 Å². The molecular weight excluding hydrogens is 296 g/mol. The average Bonchev–Trinajstić information content (AvgIpc) is 2.76. The van der Waals surface area contributed by atoms with Gasteiger partial charge >= 0.3 is 11.9 Å². The van der Waals surface area contributed by atoms with Gasteiger partial charge < -0.3 is 15.1 Å². The van der Waals surface area contributed by atoms with Gasteiger partial charge in [0.25, 0.3) is 11.6 Å². The molecule has 1 aliphatic rings. The second-order valence-electron chi connectivity index (χ2n) is 4.78. The van der Waals surface area contributed by atoms with E-state index in [2.05, 4.69) is 0 Å². The van der Waals surface area contributed by atoms with Crippen molar-refractivity contribution in [3.8, 4) is 0 Å². The van der Waals surface area contributed by atoms with Crippen LogP contribution in [0.15, 0.2) is 18.2 Å². The molecule has 1 amide bonds. The molecule has 0 spiro atoms. The Bertz CT molecular complexity index is 670. The molecule has 2 N–H and O–H groups in total. The zero-order valence-electron chi connectivity index (χ0n) is 11.3. The maximum atomic E-state index is 12.3. The Morgan fingerprint density at radius 1 is 1.36 bits per heavy atom. The molecule has 22 heavy (non-hydrogen) atoms. The van der Waals surface area contributed by atoms with Crippen LogP contribution in [0.25, 0.3) is 0 Å². The fourth-order valence-electron chi connectivity index (χ4n) is 2.43. The minimum atomic E-state index is -1.34. The summed E-state index contributed by atoms with van der Waals surface area (Å²) in [6.45, 7) is -0.220. The number of carbonyl (C=O) groups is 3. The first-order chi connectivity index (χ1) is 10.3. The van der Waals surface area contributed by atoms with Crippen LogP contribution in [0, 0.1) is 10.1 Å². The molecule has 0 aliphatic carbocycles. The first kappa shape index (κ1) is 15.4. The number of carboxylic acids is 2. The van der Waals surface area contributed by atoms with Crippen molar-refractivity contribution in [2.45, 2.75) is 25.4 Å².